The van der Waals surface area contributed by atoms with E-state index < -0.39 is 0 Å². The Labute approximate surface area is 160 Å². The van der Waals surface area contributed by atoms with E-state index in [0.29, 0.717) is 16.6 Å². The number of para-hydroxylation sites is 1. The molecule has 1 aromatic heterocycles. The number of aryl methyl sites for hydroxylation is 1. The summed E-state index contributed by atoms with van der Waals surface area (Å²) in [6.07, 6.45) is 0.545. The van der Waals surface area contributed by atoms with Gasteiger partial charge >= 0.3 is 0 Å². The molecule has 1 amide bonds. The molecule has 140 valence electrons. The van der Waals surface area contributed by atoms with E-state index in [1.807, 2.05) is 40.8 Å². The van der Waals surface area contributed by atoms with Gasteiger partial charge in [-0.05, 0) is 38.3 Å². The number of halogens is 1. The molecule has 2 atom stereocenters. The molecule has 0 spiro atoms. The molecule has 0 saturated carbocycles. The Kier molecular flexibility index (Phi) is 5.28. The molecule has 1 aliphatic rings. The van der Waals surface area contributed by atoms with Gasteiger partial charge in [-0.3, -0.25) is 9.48 Å². The van der Waals surface area contributed by atoms with Crippen molar-refractivity contribution in [2.24, 2.45) is 5.92 Å². The van der Waals surface area contributed by atoms with Gasteiger partial charge < -0.3 is 10.2 Å². The van der Waals surface area contributed by atoms with Crippen molar-refractivity contribution in [1.29, 1.82) is 0 Å². The number of anilines is 1. The smallest absolute Gasteiger partial charge is 0.258 e. The summed E-state index contributed by atoms with van der Waals surface area (Å²) in [6, 6.07) is 7.72. The lowest BCUT2D eigenvalue weighted by Gasteiger charge is -2.41. The third-order valence-electron chi connectivity index (χ3n) is 4.95. The minimum absolute atomic E-state index is 0.0331. The lowest BCUT2D eigenvalue weighted by molar-refractivity contribution is 0.0593. The number of nitrogens with one attached hydrogen (secondary N) is 1. The largest absolute Gasteiger partial charge is 0.361 e. The number of nitrogens with zero attached hydrogens (tertiary/aromatic N) is 3. The first-order chi connectivity index (χ1) is 12.3. The second kappa shape index (κ2) is 7.31. The van der Waals surface area contributed by atoms with Crippen molar-refractivity contribution in [2.75, 3.05) is 5.32 Å². The maximum atomic E-state index is 13.2. The van der Waals surface area contributed by atoms with Crippen molar-refractivity contribution in [3.05, 3.63) is 46.2 Å². The normalized spacial score (nSPS) is 18.0. The molecule has 1 aromatic carbocycles. The van der Waals surface area contributed by atoms with Gasteiger partial charge in [0.25, 0.3) is 5.91 Å². The van der Waals surface area contributed by atoms with Crippen LogP contribution < -0.4 is 5.32 Å². The molecule has 1 aliphatic heterocycles. The van der Waals surface area contributed by atoms with Crippen LogP contribution >= 0.6 is 11.6 Å². The zero-order chi connectivity index (χ0) is 19.0. The van der Waals surface area contributed by atoms with Crippen LogP contribution in [-0.2, 0) is 6.54 Å². The molecular formula is C20H27ClN4O. The average molecular weight is 375 g/mol. The van der Waals surface area contributed by atoms with Gasteiger partial charge in [0, 0.05) is 18.3 Å². The van der Waals surface area contributed by atoms with Crippen LogP contribution in [0.3, 0.4) is 0 Å². The second-order valence-electron chi connectivity index (χ2n) is 7.43. The van der Waals surface area contributed by atoms with Crippen molar-refractivity contribution >= 4 is 23.2 Å². The van der Waals surface area contributed by atoms with Crippen LogP contribution in [0.15, 0.2) is 24.3 Å². The molecule has 0 saturated heterocycles. The molecule has 26 heavy (non-hydrogen) atoms. The van der Waals surface area contributed by atoms with Gasteiger partial charge in [0.1, 0.15) is 11.3 Å². The first-order valence-corrected chi connectivity index (χ1v) is 9.63. The Morgan fingerprint density at radius 3 is 2.62 bits per heavy atom. The molecule has 6 heteroatoms. The average Bonchev–Trinajstić information content (AvgIpc) is 2.87. The molecule has 2 aromatic rings. The Balaban J connectivity index is 2.10. The van der Waals surface area contributed by atoms with E-state index in [9.17, 15) is 4.79 Å². The highest BCUT2D eigenvalue weighted by molar-refractivity contribution is 6.30. The quantitative estimate of drug-likeness (QED) is 0.812. The highest BCUT2D eigenvalue weighted by atomic mass is 35.5. The monoisotopic (exact) mass is 374 g/mol. The minimum Gasteiger partial charge on any atom is -0.361 e. The molecule has 0 bridgehead atoms. The van der Waals surface area contributed by atoms with Gasteiger partial charge in [0.05, 0.1) is 16.8 Å². The summed E-state index contributed by atoms with van der Waals surface area (Å²) in [5.41, 5.74) is 3.28. The zero-order valence-corrected chi connectivity index (χ0v) is 16.8. The van der Waals surface area contributed by atoms with E-state index in [1.54, 1.807) is 0 Å². The van der Waals surface area contributed by atoms with Crippen LogP contribution in [0.2, 0.25) is 5.15 Å². The van der Waals surface area contributed by atoms with Crippen molar-refractivity contribution in [1.82, 2.24) is 14.7 Å². The number of rotatable bonds is 5. The molecular weight excluding hydrogens is 348 g/mol. The van der Waals surface area contributed by atoms with Gasteiger partial charge in [-0.1, -0.05) is 44.5 Å². The van der Waals surface area contributed by atoms with Gasteiger partial charge in [0.15, 0.2) is 0 Å². The summed E-state index contributed by atoms with van der Waals surface area (Å²) >= 11 is 6.72. The molecule has 0 aliphatic carbocycles. The molecule has 3 rings (SSSR count). The molecule has 2 heterocycles. The van der Waals surface area contributed by atoms with Crippen LogP contribution in [0.5, 0.6) is 0 Å². The highest BCUT2D eigenvalue weighted by Gasteiger charge is 2.38. The maximum absolute atomic E-state index is 13.2. The van der Waals surface area contributed by atoms with Gasteiger partial charge in [-0.25, -0.2) is 0 Å². The van der Waals surface area contributed by atoms with Crippen LogP contribution in [-0.4, -0.2) is 26.6 Å². The fraction of sp³-hybridized carbons (Fsp3) is 0.500. The summed E-state index contributed by atoms with van der Waals surface area (Å²) in [6.45, 7) is 11.1. The van der Waals surface area contributed by atoms with Crippen molar-refractivity contribution in [2.45, 2.75) is 59.8 Å². The Bertz CT molecular complexity index is 814. The molecule has 5 nitrogen and oxygen atoms in total. The number of aromatic nitrogens is 2. The molecule has 1 N–H and O–H groups in total. The Hall–Kier alpha value is -2.01. The predicted octanol–water partition coefficient (Wildman–Crippen LogP) is 4.87. The summed E-state index contributed by atoms with van der Waals surface area (Å²) in [5.74, 6) is 0.470. The number of amides is 1. The number of carbonyl (C=O) groups is 1. The Morgan fingerprint density at radius 2 is 1.96 bits per heavy atom. The number of benzene rings is 1. The first-order valence-electron chi connectivity index (χ1n) is 9.26. The third-order valence-corrected chi connectivity index (χ3v) is 5.35. The number of fused-ring (bicyclic) bond motifs is 1. The van der Waals surface area contributed by atoms with E-state index in [-0.39, 0.29) is 18.1 Å². The molecule has 0 fully saturated rings. The van der Waals surface area contributed by atoms with E-state index in [2.05, 4.69) is 38.1 Å². The summed E-state index contributed by atoms with van der Waals surface area (Å²) in [4.78, 5) is 15.1. The summed E-state index contributed by atoms with van der Waals surface area (Å²) < 4.78 is 1.85. The van der Waals surface area contributed by atoms with Crippen molar-refractivity contribution < 1.29 is 4.79 Å². The summed E-state index contributed by atoms with van der Waals surface area (Å²) in [7, 11) is 0. The first kappa shape index (κ1) is 18.8. The van der Waals surface area contributed by atoms with E-state index >= 15 is 0 Å². The van der Waals surface area contributed by atoms with Crippen LogP contribution in [0.25, 0.3) is 0 Å². The number of carbonyl (C=O) groups excluding carboxylic acids is 1. The summed E-state index contributed by atoms with van der Waals surface area (Å²) in [5, 5.41) is 8.76. The van der Waals surface area contributed by atoms with Crippen molar-refractivity contribution in [3.8, 4) is 0 Å². The van der Waals surface area contributed by atoms with Gasteiger partial charge in [-0.15, -0.1) is 0 Å². The third kappa shape index (κ3) is 3.20. The zero-order valence-electron chi connectivity index (χ0n) is 16.1. The van der Waals surface area contributed by atoms with E-state index in [1.165, 1.54) is 0 Å². The lowest BCUT2D eigenvalue weighted by Crippen LogP contribution is -2.47. The lowest BCUT2D eigenvalue weighted by atomic mass is 10.0. The van der Waals surface area contributed by atoms with E-state index in [0.717, 1.165) is 29.9 Å². The van der Waals surface area contributed by atoms with Gasteiger partial charge in [0.2, 0.25) is 0 Å². The standard InChI is InChI=1S/C20H27ClN4O/c1-6-13(4)25-19(22-16-10-8-7-9-15(16)20(25)26)17-14(5)23-24(18(17)21)11-12(2)3/h7-10,12-13,19,22H,6,11H2,1-5H3/t13-,19-/m0/s1. The maximum Gasteiger partial charge on any atom is 0.258 e. The SMILES string of the molecule is CC[C@H](C)N1C(=O)c2ccccc2N[C@@H]1c1c(C)nn(CC(C)C)c1Cl. The van der Waals surface area contributed by atoms with Crippen LogP contribution in [0.1, 0.15) is 61.9 Å². The molecule has 0 unspecified atom stereocenters. The Morgan fingerprint density at radius 1 is 1.27 bits per heavy atom. The second-order valence-corrected chi connectivity index (χ2v) is 7.79. The van der Waals surface area contributed by atoms with E-state index in [4.69, 9.17) is 11.6 Å². The fourth-order valence-electron chi connectivity index (χ4n) is 3.48. The fourth-order valence-corrected chi connectivity index (χ4v) is 3.82. The predicted molar refractivity (Wildman–Crippen MR) is 106 cm³/mol. The molecule has 0 radical (unpaired) electrons. The van der Waals surface area contributed by atoms with Crippen LogP contribution in [0, 0.1) is 12.8 Å². The van der Waals surface area contributed by atoms with Crippen LogP contribution in [0.4, 0.5) is 5.69 Å². The number of hydrogen-bond donors (Lipinski definition) is 1. The topological polar surface area (TPSA) is 50.2 Å². The van der Waals surface area contributed by atoms with Crippen molar-refractivity contribution in [3.63, 3.8) is 0 Å². The van der Waals surface area contributed by atoms with Gasteiger partial charge in [-0.2, -0.15) is 5.10 Å². The minimum atomic E-state index is -0.319. The number of hydrogen-bond acceptors (Lipinski definition) is 3. The highest BCUT2D eigenvalue weighted by Crippen LogP contribution is 2.39.